The Morgan fingerprint density at radius 3 is 2.42 bits per heavy atom. The standard InChI is InChI=1S/C15H28N2O2/c1-12-8-9-14(19-12)15(18)17-11-10-16-13-6-4-2-3-5-7-13/h12-14,16H,2-11H2,1H3,(H,17,18). The van der Waals surface area contributed by atoms with Crippen LogP contribution in [0.1, 0.15) is 58.3 Å². The van der Waals surface area contributed by atoms with Crippen LogP contribution in [0.2, 0.25) is 0 Å². The van der Waals surface area contributed by atoms with Crippen molar-refractivity contribution < 1.29 is 9.53 Å². The number of hydrogen-bond acceptors (Lipinski definition) is 3. The van der Waals surface area contributed by atoms with E-state index in [1.807, 2.05) is 6.92 Å². The van der Waals surface area contributed by atoms with Crippen LogP contribution in [0.5, 0.6) is 0 Å². The van der Waals surface area contributed by atoms with E-state index in [2.05, 4.69) is 10.6 Å². The van der Waals surface area contributed by atoms with Crippen LogP contribution in [0, 0.1) is 0 Å². The van der Waals surface area contributed by atoms with Crippen LogP contribution in [0.15, 0.2) is 0 Å². The molecular formula is C15H28N2O2. The summed E-state index contributed by atoms with van der Waals surface area (Å²) in [5.41, 5.74) is 0. The van der Waals surface area contributed by atoms with Crippen molar-refractivity contribution in [3.05, 3.63) is 0 Å². The first-order valence-electron chi connectivity index (χ1n) is 7.92. The lowest BCUT2D eigenvalue weighted by atomic mass is 10.1. The number of hydrogen-bond donors (Lipinski definition) is 2. The summed E-state index contributed by atoms with van der Waals surface area (Å²) < 4.78 is 5.55. The Labute approximate surface area is 116 Å². The molecule has 2 aliphatic rings. The molecular weight excluding hydrogens is 240 g/mol. The predicted molar refractivity (Wildman–Crippen MR) is 76.1 cm³/mol. The molecule has 1 aliphatic carbocycles. The average molecular weight is 268 g/mol. The van der Waals surface area contributed by atoms with Crippen LogP contribution < -0.4 is 10.6 Å². The fourth-order valence-electron chi connectivity index (χ4n) is 3.05. The van der Waals surface area contributed by atoms with Gasteiger partial charge in [0.2, 0.25) is 5.91 Å². The Bertz CT molecular complexity index is 275. The number of amides is 1. The first kappa shape index (κ1) is 14.8. The molecule has 0 bridgehead atoms. The van der Waals surface area contributed by atoms with Crippen LogP contribution in [-0.4, -0.2) is 37.2 Å². The second-order valence-electron chi connectivity index (χ2n) is 5.95. The van der Waals surface area contributed by atoms with Gasteiger partial charge in [-0.15, -0.1) is 0 Å². The Morgan fingerprint density at radius 1 is 1.05 bits per heavy atom. The predicted octanol–water partition coefficient (Wildman–Crippen LogP) is 1.98. The Kier molecular flexibility index (Phi) is 6.11. The third kappa shape index (κ3) is 5.11. The molecule has 1 saturated heterocycles. The van der Waals surface area contributed by atoms with Gasteiger partial charge in [0.05, 0.1) is 6.10 Å². The minimum atomic E-state index is -0.215. The number of nitrogens with one attached hydrogen (secondary N) is 2. The maximum Gasteiger partial charge on any atom is 0.249 e. The van der Waals surface area contributed by atoms with E-state index in [1.54, 1.807) is 0 Å². The van der Waals surface area contributed by atoms with Gasteiger partial charge in [-0.1, -0.05) is 25.7 Å². The lowest BCUT2D eigenvalue weighted by molar-refractivity contribution is -0.131. The van der Waals surface area contributed by atoms with E-state index in [1.165, 1.54) is 38.5 Å². The van der Waals surface area contributed by atoms with Gasteiger partial charge in [-0.2, -0.15) is 0 Å². The van der Waals surface area contributed by atoms with Crippen LogP contribution >= 0.6 is 0 Å². The Balaban J connectivity index is 1.54. The van der Waals surface area contributed by atoms with Gasteiger partial charge in [0, 0.05) is 19.1 Å². The molecule has 1 amide bonds. The van der Waals surface area contributed by atoms with Gasteiger partial charge in [0.25, 0.3) is 0 Å². The van der Waals surface area contributed by atoms with E-state index >= 15 is 0 Å². The van der Waals surface area contributed by atoms with Crippen molar-refractivity contribution in [2.75, 3.05) is 13.1 Å². The highest BCUT2D eigenvalue weighted by Crippen LogP contribution is 2.19. The second-order valence-corrected chi connectivity index (χ2v) is 5.95. The fourth-order valence-corrected chi connectivity index (χ4v) is 3.05. The van der Waals surface area contributed by atoms with Crippen molar-refractivity contribution >= 4 is 5.91 Å². The van der Waals surface area contributed by atoms with Crippen molar-refractivity contribution in [1.29, 1.82) is 0 Å². The third-order valence-corrected chi connectivity index (χ3v) is 4.24. The first-order chi connectivity index (χ1) is 9.25. The lowest BCUT2D eigenvalue weighted by Crippen LogP contribution is -2.40. The van der Waals surface area contributed by atoms with Crippen molar-refractivity contribution in [2.45, 2.75) is 76.5 Å². The highest BCUT2D eigenvalue weighted by atomic mass is 16.5. The molecule has 0 aromatic heterocycles. The van der Waals surface area contributed by atoms with Crippen molar-refractivity contribution in [3.63, 3.8) is 0 Å². The van der Waals surface area contributed by atoms with E-state index in [0.717, 1.165) is 19.4 Å². The molecule has 2 atom stereocenters. The van der Waals surface area contributed by atoms with Gasteiger partial charge < -0.3 is 15.4 Å². The van der Waals surface area contributed by atoms with Gasteiger partial charge in [-0.3, -0.25) is 4.79 Å². The summed E-state index contributed by atoms with van der Waals surface area (Å²) in [4.78, 5) is 11.8. The number of rotatable bonds is 5. The smallest absolute Gasteiger partial charge is 0.249 e. The van der Waals surface area contributed by atoms with Crippen LogP contribution in [0.3, 0.4) is 0 Å². The second kappa shape index (κ2) is 7.85. The Morgan fingerprint density at radius 2 is 1.79 bits per heavy atom. The van der Waals surface area contributed by atoms with E-state index in [0.29, 0.717) is 12.6 Å². The van der Waals surface area contributed by atoms with Crippen LogP contribution in [0.4, 0.5) is 0 Å². The zero-order valence-electron chi connectivity index (χ0n) is 12.1. The molecule has 2 fully saturated rings. The van der Waals surface area contributed by atoms with Gasteiger partial charge in [0.15, 0.2) is 0 Å². The maximum atomic E-state index is 11.8. The van der Waals surface area contributed by atoms with E-state index in [-0.39, 0.29) is 18.1 Å². The molecule has 2 rings (SSSR count). The molecule has 1 saturated carbocycles. The zero-order chi connectivity index (χ0) is 13.5. The van der Waals surface area contributed by atoms with Crippen LogP contribution in [0.25, 0.3) is 0 Å². The molecule has 4 heteroatoms. The van der Waals surface area contributed by atoms with E-state index in [4.69, 9.17) is 4.74 Å². The summed E-state index contributed by atoms with van der Waals surface area (Å²) in [6.07, 6.45) is 9.91. The molecule has 110 valence electrons. The monoisotopic (exact) mass is 268 g/mol. The van der Waals surface area contributed by atoms with E-state index < -0.39 is 0 Å². The number of carbonyl (C=O) groups excluding carboxylic acids is 1. The quantitative estimate of drug-likeness (QED) is 0.592. The highest BCUT2D eigenvalue weighted by molar-refractivity contribution is 5.80. The summed E-state index contributed by atoms with van der Waals surface area (Å²) >= 11 is 0. The normalized spacial score (nSPS) is 29.1. The molecule has 1 aliphatic heterocycles. The summed E-state index contributed by atoms with van der Waals surface area (Å²) in [6, 6.07) is 0.655. The average Bonchev–Trinajstić information content (AvgIpc) is 2.68. The van der Waals surface area contributed by atoms with Gasteiger partial charge >= 0.3 is 0 Å². The fraction of sp³-hybridized carbons (Fsp3) is 0.933. The van der Waals surface area contributed by atoms with Crippen molar-refractivity contribution in [2.24, 2.45) is 0 Å². The largest absolute Gasteiger partial charge is 0.365 e. The molecule has 0 radical (unpaired) electrons. The topological polar surface area (TPSA) is 50.4 Å². The molecule has 19 heavy (non-hydrogen) atoms. The van der Waals surface area contributed by atoms with E-state index in [9.17, 15) is 4.79 Å². The summed E-state index contributed by atoms with van der Waals surface area (Å²) in [5.74, 6) is 0.0621. The molecule has 2 unspecified atom stereocenters. The first-order valence-corrected chi connectivity index (χ1v) is 7.92. The SMILES string of the molecule is CC1CCC(C(=O)NCCNC2CCCCCC2)O1. The van der Waals surface area contributed by atoms with Gasteiger partial charge in [-0.05, 0) is 32.6 Å². The summed E-state index contributed by atoms with van der Waals surface area (Å²) in [5, 5.41) is 6.53. The number of carbonyl (C=O) groups is 1. The van der Waals surface area contributed by atoms with Gasteiger partial charge in [-0.25, -0.2) is 0 Å². The highest BCUT2D eigenvalue weighted by Gasteiger charge is 2.27. The minimum absolute atomic E-state index is 0.0621. The van der Waals surface area contributed by atoms with Crippen molar-refractivity contribution in [3.8, 4) is 0 Å². The maximum absolute atomic E-state index is 11.8. The third-order valence-electron chi connectivity index (χ3n) is 4.24. The summed E-state index contributed by atoms with van der Waals surface area (Å²) in [7, 11) is 0. The molecule has 0 aromatic rings. The molecule has 0 spiro atoms. The summed E-state index contributed by atoms with van der Waals surface area (Å²) in [6.45, 7) is 3.61. The minimum Gasteiger partial charge on any atom is -0.365 e. The van der Waals surface area contributed by atoms with Crippen LogP contribution in [-0.2, 0) is 9.53 Å². The number of ether oxygens (including phenoxy) is 1. The molecule has 2 N–H and O–H groups in total. The van der Waals surface area contributed by atoms with Crippen molar-refractivity contribution in [1.82, 2.24) is 10.6 Å². The lowest BCUT2D eigenvalue weighted by Gasteiger charge is -2.17. The Hall–Kier alpha value is -0.610. The molecule has 4 nitrogen and oxygen atoms in total. The zero-order valence-corrected chi connectivity index (χ0v) is 12.1. The van der Waals surface area contributed by atoms with Gasteiger partial charge in [0.1, 0.15) is 6.10 Å². The molecule has 1 heterocycles. The molecule has 0 aromatic carbocycles.